The number of allylic oxidation sites excluding steroid dienone is 1. The average molecular weight is 249 g/mol. The van der Waals surface area contributed by atoms with Crippen molar-refractivity contribution in [2.45, 2.75) is 34.1 Å². The lowest BCUT2D eigenvalue weighted by Crippen LogP contribution is -2.20. The SMILES string of the molecule is CC(=CCCNCC(C)C)c1cc(F)ccc1C. The largest absolute Gasteiger partial charge is 0.316 e. The first-order valence-electron chi connectivity index (χ1n) is 6.64. The number of benzene rings is 1. The fourth-order valence-corrected chi connectivity index (χ4v) is 1.91. The van der Waals surface area contributed by atoms with Crippen LogP contribution in [0.25, 0.3) is 5.57 Å². The van der Waals surface area contributed by atoms with Gasteiger partial charge in [0.15, 0.2) is 0 Å². The van der Waals surface area contributed by atoms with E-state index in [0.717, 1.165) is 36.2 Å². The van der Waals surface area contributed by atoms with Crippen molar-refractivity contribution >= 4 is 5.57 Å². The lowest BCUT2D eigenvalue weighted by molar-refractivity contribution is 0.557. The average Bonchev–Trinajstić information content (AvgIpc) is 2.31. The zero-order valence-electron chi connectivity index (χ0n) is 11.9. The van der Waals surface area contributed by atoms with Crippen molar-refractivity contribution in [3.8, 4) is 0 Å². The molecule has 1 rings (SSSR count). The summed E-state index contributed by atoms with van der Waals surface area (Å²) in [5.74, 6) is 0.516. The normalized spacial score (nSPS) is 12.2. The number of hydrogen-bond donors (Lipinski definition) is 1. The topological polar surface area (TPSA) is 12.0 Å². The van der Waals surface area contributed by atoms with E-state index in [1.54, 1.807) is 6.07 Å². The molecule has 1 nitrogen and oxygen atoms in total. The zero-order chi connectivity index (χ0) is 13.5. The van der Waals surface area contributed by atoms with Gasteiger partial charge in [-0.3, -0.25) is 0 Å². The Bertz CT molecular complexity index is 408. The Labute approximate surface area is 110 Å². The van der Waals surface area contributed by atoms with Gasteiger partial charge in [0, 0.05) is 0 Å². The van der Waals surface area contributed by atoms with Crippen molar-refractivity contribution in [3.63, 3.8) is 0 Å². The van der Waals surface area contributed by atoms with Crippen LogP contribution >= 0.6 is 0 Å². The molecule has 0 unspecified atom stereocenters. The molecule has 0 spiro atoms. The molecule has 0 saturated carbocycles. The van der Waals surface area contributed by atoms with Crippen molar-refractivity contribution in [1.29, 1.82) is 0 Å². The first kappa shape index (κ1) is 14.9. The van der Waals surface area contributed by atoms with Crippen LogP contribution < -0.4 is 5.32 Å². The van der Waals surface area contributed by atoms with Gasteiger partial charge in [0.1, 0.15) is 5.82 Å². The molecule has 1 aromatic rings. The van der Waals surface area contributed by atoms with E-state index in [9.17, 15) is 4.39 Å². The molecular weight excluding hydrogens is 225 g/mol. The van der Waals surface area contributed by atoms with Crippen LogP contribution in [0.3, 0.4) is 0 Å². The summed E-state index contributed by atoms with van der Waals surface area (Å²) in [4.78, 5) is 0. The minimum Gasteiger partial charge on any atom is -0.316 e. The first-order valence-corrected chi connectivity index (χ1v) is 6.64. The molecule has 0 aromatic heterocycles. The molecule has 18 heavy (non-hydrogen) atoms. The Balaban J connectivity index is 2.52. The second kappa shape index (κ2) is 7.32. The predicted octanol–water partition coefficient (Wildman–Crippen LogP) is 4.17. The Morgan fingerprint density at radius 2 is 2.11 bits per heavy atom. The third-order valence-corrected chi connectivity index (χ3v) is 2.95. The smallest absolute Gasteiger partial charge is 0.123 e. The third kappa shape index (κ3) is 5.01. The molecule has 0 fully saturated rings. The Morgan fingerprint density at radius 3 is 2.78 bits per heavy atom. The number of halogens is 1. The fourth-order valence-electron chi connectivity index (χ4n) is 1.91. The number of aryl methyl sites for hydroxylation is 1. The Kier molecular flexibility index (Phi) is 6.06. The van der Waals surface area contributed by atoms with Crippen molar-refractivity contribution in [3.05, 3.63) is 41.2 Å². The Morgan fingerprint density at radius 1 is 1.39 bits per heavy atom. The highest BCUT2D eigenvalue weighted by molar-refractivity contribution is 5.66. The minimum absolute atomic E-state index is 0.165. The number of rotatable bonds is 6. The molecular formula is C16H24FN. The maximum atomic E-state index is 13.2. The van der Waals surface area contributed by atoms with Crippen LogP contribution in [0.1, 0.15) is 38.3 Å². The van der Waals surface area contributed by atoms with Gasteiger partial charge in [-0.25, -0.2) is 4.39 Å². The van der Waals surface area contributed by atoms with Gasteiger partial charge in [0.05, 0.1) is 0 Å². The van der Waals surface area contributed by atoms with Crippen LogP contribution in [0.4, 0.5) is 4.39 Å². The number of hydrogen-bond acceptors (Lipinski definition) is 1. The molecule has 0 heterocycles. The first-order chi connectivity index (χ1) is 8.50. The summed E-state index contributed by atoms with van der Waals surface area (Å²) in [7, 11) is 0. The highest BCUT2D eigenvalue weighted by atomic mass is 19.1. The second-order valence-corrected chi connectivity index (χ2v) is 5.23. The summed E-state index contributed by atoms with van der Waals surface area (Å²) < 4.78 is 13.2. The van der Waals surface area contributed by atoms with E-state index in [0.29, 0.717) is 5.92 Å². The summed E-state index contributed by atoms with van der Waals surface area (Å²) in [5.41, 5.74) is 3.29. The maximum Gasteiger partial charge on any atom is 0.123 e. The summed E-state index contributed by atoms with van der Waals surface area (Å²) in [5, 5.41) is 3.40. The van der Waals surface area contributed by atoms with E-state index in [-0.39, 0.29) is 5.82 Å². The molecule has 1 aromatic carbocycles. The molecule has 0 saturated heterocycles. The van der Waals surface area contributed by atoms with Crippen molar-refractivity contribution in [1.82, 2.24) is 5.32 Å². The van der Waals surface area contributed by atoms with Gasteiger partial charge in [-0.05, 0) is 68.1 Å². The second-order valence-electron chi connectivity index (χ2n) is 5.23. The maximum absolute atomic E-state index is 13.2. The molecule has 0 aliphatic rings. The van der Waals surface area contributed by atoms with Crippen molar-refractivity contribution in [2.24, 2.45) is 5.92 Å². The van der Waals surface area contributed by atoms with Crippen molar-refractivity contribution < 1.29 is 4.39 Å². The molecule has 0 amide bonds. The molecule has 1 N–H and O–H groups in total. The zero-order valence-corrected chi connectivity index (χ0v) is 11.9. The van der Waals surface area contributed by atoms with Gasteiger partial charge in [0.25, 0.3) is 0 Å². The summed E-state index contributed by atoms with van der Waals surface area (Å²) in [6.07, 6.45) is 3.16. The third-order valence-electron chi connectivity index (χ3n) is 2.95. The van der Waals surface area contributed by atoms with Crippen LogP contribution in [0.15, 0.2) is 24.3 Å². The van der Waals surface area contributed by atoms with E-state index in [1.165, 1.54) is 6.07 Å². The molecule has 0 radical (unpaired) electrons. The van der Waals surface area contributed by atoms with Crippen LogP contribution in [0, 0.1) is 18.7 Å². The minimum atomic E-state index is -0.165. The molecule has 100 valence electrons. The summed E-state index contributed by atoms with van der Waals surface area (Å²) >= 11 is 0. The van der Waals surface area contributed by atoms with Crippen molar-refractivity contribution in [2.75, 3.05) is 13.1 Å². The van der Waals surface area contributed by atoms with Gasteiger partial charge >= 0.3 is 0 Å². The van der Waals surface area contributed by atoms with Crippen LogP contribution in [-0.4, -0.2) is 13.1 Å². The molecule has 0 aliphatic heterocycles. The van der Waals surface area contributed by atoms with Gasteiger partial charge in [0.2, 0.25) is 0 Å². The summed E-state index contributed by atoms with van der Waals surface area (Å²) in [6.45, 7) is 10.5. The van der Waals surface area contributed by atoms with Crippen LogP contribution in [0.2, 0.25) is 0 Å². The quantitative estimate of drug-likeness (QED) is 0.746. The highest BCUT2D eigenvalue weighted by Gasteiger charge is 2.02. The van der Waals surface area contributed by atoms with Gasteiger partial charge in [-0.2, -0.15) is 0 Å². The predicted molar refractivity (Wildman–Crippen MR) is 77.1 cm³/mol. The fraction of sp³-hybridized carbons (Fsp3) is 0.500. The van der Waals surface area contributed by atoms with E-state index in [4.69, 9.17) is 0 Å². The number of nitrogens with one attached hydrogen (secondary N) is 1. The van der Waals surface area contributed by atoms with E-state index in [2.05, 4.69) is 25.2 Å². The lowest BCUT2D eigenvalue weighted by Gasteiger charge is -2.08. The van der Waals surface area contributed by atoms with E-state index >= 15 is 0 Å². The van der Waals surface area contributed by atoms with E-state index < -0.39 is 0 Å². The van der Waals surface area contributed by atoms with Crippen LogP contribution in [0.5, 0.6) is 0 Å². The highest BCUT2D eigenvalue weighted by Crippen LogP contribution is 2.19. The van der Waals surface area contributed by atoms with Gasteiger partial charge in [-0.15, -0.1) is 0 Å². The van der Waals surface area contributed by atoms with Gasteiger partial charge < -0.3 is 5.32 Å². The van der Waals surface area contributed by atoms with Crippen LogP contribution in [-0.2, 0) is 0 Å². The molecule has 2 heteroatoms. The summed E-state index contributed by atoms with van der Waals surface area (Å²) in [6, 6.07) is 4.96. The molecule has 0 bridgehead atoms. The molecule has 0 aliphatic carbocycles. The Hall–Kier alpha value is -1.15. The lowest BCUT2D eigenvalue weighted by atomic mass is 10.0. The van der Waals surface area contributed by atoms with Gasteiger partial charge in [-0.1, -0.05) is 26.0 Å². The standard InChI is InChI=1S/C16H24FN/c1-12(2)11-18-9-5-6-13(3)16-10-15(17)8-7-14(16)4/h6-8,10,12,18H,5,9,11H2,1-4H3. The molecule has 0 atom stereocenters. The monoisotopic (exact) mass is 249 g/mol. The van der Waals surface area contributed by atoms with E-state index in [1.807, 2.05) is 19.9 Å².